The van der Waals surface area contributed by atoms with Gasteiger partial charge >= 0.3 is 5.97 Å². The number of hydrogen-bond donors (Lipinski definition) is 1. The molecule has 4 rings (SSSR count). The van der Waals surface area contributed by atoms with Crippen molar-refractivity contribution in [2.75, 3.05) is 31.1 Å². The van der Waals surface area contributed by atoms with Gasteiger partial charge in [-0.2, -0.15) is 0 Å². The minimum Gasteiger partial charge on any atom is -0.462 e. The van der Waals surface area contributed by atoms with Crippen molar-refractivity contribution < 1.29 is 9.53 Å². The number of carbonyl (C=O) groups is 1. The van der Waals surface area contributed by atoms with E-state index in [0.29, 0.717) is 18.2 Å². The number of esters is 1. The summed E-state index contributed by atoms with van der Waals surface area (Å²) in [4.78, 5) is 14.6. The summed E-state index contributed by atoms with van der Waals surface area (Å²) in [5.74, 6) is -0.274. The van der Waals surface area contributed by atoms with E-state index in [1.165, 1.54) is 53.6 Å². The van der Waals surface area contributed by atoms with Crippen molar-refractivity contribution in [2.24, 2.45) is 0 Å². The van der Waals surface area contributed by atoms with Crippen molar-refractivity contribution in [3.63, 3.8) is 0 Å². The first kappa shape index (κ1) is 30.8. The van der Waals surface area contributed by atoms with E-state index in [-0.39, 0.29) is 11.4 Å². The lowest BCUT2D eigenvalue weighted by Gasteiger charge is -2.31. The minimum absolute atomic E-state index is 0.0276. The first-order valence-electron chi connectivity index (χ1n) is 15.8. The Hall–Kier alpha value is -3.11. The van der Waals surface area contributed by atoms with Gasteiger partial charge in [-0.15, -0.1) is 0 Å². The molecule has 1 saturated carbocycles. The fourth-order valence-electron chi connectivity index (χ4n) is 6.12. The number of benzene rings is 3. The SMILES string of the molecule is CCOC(=O)c1ccc(-c2ccc(CCCNC3CCCC3)c(-c3ccc(N(CC)CC)c(C(C)(C)C)c3)c2)cc1. The Bertz CT molecular complexity index is 1280. The molecule has 4 heteroatoms. The van der Waals surface area contributed by atoms with Gasteiger partial charge in [0.1, 0.15) is 0 Å². The van der Waals surface area contributed by atoms with Crippen LogP contribution >= 0.6 is 0 Å². The summed E-state index contributed by atoms with van der Waals surface area (Å²) in [6.07, 6.45) is 7.54. The number of rotatable bonds is 12. The molecule has 0 spiro atoms. The highest BCUT2D eigenvalue weighted by Crippen LogP contribution is 2.38. The van der Waals surface area contributed by atoms with Crippen molar-refractivity contribution in [3.8, 4) is 22.3 Å². The summed E-state index contributed by atoms with van der Waals surface area (Å²) < 4.78 is 5.18. The molecule has 0 radical (unpaired) electrons. The molecular formula is C37H50N2O2. The van der Waals surface area contributed by atoms with E-state index in [9.17, 15) is 4.79 Å². The molecule has 0 heterocycles. The van der Waals surface area contributed by atoms with Crippen LogP contribution in [0.5, 0.6) is 0 Å². The zero-order valence-electron chi connectivity index (χ0n) is 26.2. The number of carbonyl (C=O) groups excluding carboxylic acids is 1. The minimum atomic E-state index is -0.274. The van der Waals surface area contributed by atoms with E-state index < -0.39 is 0 Å². The van der Waals surface area contributed by atoms with Crippen molar-refractivity contribution >= 4 is 11.7 Å². The molecule has 0 saturated heterocycles. The second-order valence-electron chi connectivity index (χ2n) is 12.4. The van der Waals surface area contributed by atoms with E-state index >= 15 is 0 Å². The number of ether oxygens (including phenoxy) is 1. The van der Waals surface area contributed by atoms with E-state index in [2.05, 4.69) is 81.2 Å². The molecule has 0 atom stereocenters. The predicted octanol–water partition coefficient (Wildman–Crippen LogP) is 8.81. The van der Waals surface area contributed by atoms with Crippen LogP contribution in [0.4, 0.5) is 5.69 Å². The van der Waals surface area contributed by atoms with Gasteiger partial charge < -0.3 is 15.0 Å². The Morgan fingerprint density at radius 3 is 2.17 bits per heavy atom. The molecule has 3 aromatic rings. The lowest BCUT2D eigenvalue weighted by molar-refractivity contribution is 0.0526. The molecule has 4 nitrogen and oxygen atoms in total. The normalized spacial score (nSPS) is 13.9. The average Bonchev–Trinajstić information content (AvgIpc) is 3.49. The monoisotopic (exact) mass is 554 g/mol. The van der Waals surface area contributed by atoms with E-state index in [0.717, 1.165) is 43.6 Å². The summed E-state index contributed by atoms with van der Waals surface area (Å²) in [7, 11) is 0. The quantitative estimate of drug-likeness (QED) is 0.179. The maximum atomic E-state index is 12.2. The Morgan fingerprint density at radius 1 is 0.878 bits per heavy atom. The molecule has 41 heavy (non-hydrogen) atoms. The number of anilines is 1. The predicted molar refractivity (Wildman–Crippen MR) is 174 cm³/mol. The van der Waals surface area contributed by atoms with Crippen LogP contribution in [0.2, 0.25) is 0 Å². The fraction of sp³-hybridized carbons (Fsp3) is 0.486. The average molecular weight is 555 g/mol. The van der Waals surface area contributed by atoms with E-state index in [1.54, 1.807) is 0 Å². The van der Waals surface area contributed by atoms with Crippen LogP contribution in [0.1, 0.15) is 95.1 Å². The topological polar surface area (TPSA) is 41.6 Å². The van der Waals surface area contributed by atoms with Gasteiger partial charge in [0, 0.05) is 24.8 Å². The standard InChI is InChI=1S/C37H50N2O2/c1-7-39(8-2)35-23-22-31(26-34(35)37(4,5)6)33-25-30(27-16-19-29(20-17-27)36(40)41-9-3)21-18-28(33)13-12-24-38-32-14-10-11-15-32/h16-23,25-26,32,38H,7-15,24H2,1-6H3. The van der Waals surface area contributed by atoms with Gasteiger partial charge in [-0.05, 0) is 122 Å². The fourth-order valence-corrected chi connectivity index (χ4v) is 6.12. The van der Waals surface area contributed by atoms with Gasteiger partial charge in [-0.3, -0.25) is 0 Å². The van der Waals surface area contributed by atoms with E-state index in [1.807, 2.05) is 31.2 Å². The molecule has 0 aromatic heterocycles. The van der Waals surface area contributed by atoms with Gasteiger partial charge in [-0.1, -0.05) is 63.9 Å². The molecule has 1 aliphatic rings. The number of nitrogens with one attached hydrogen (secondary N) is 1. The van der Waals surface area contributed by atoms with Crippen molar-refractivity contribution in [1.29, 1.82) is 0 Å². The van der Waals surface area contributed by atoms with Gasteiger partial charge in [0.05, 0.1) is 12.2 Å². The Labute approximate surface area is 248 Å². The molecular weight excluding hydrogens is 504 g/mol. The van der Waals surface area contributed by atoms with Gasteiger partial charge in [-0.25, -0.2) is 4.79 Å². The lowest BCUT2D eigenvalue weighted by atomic mass is 9.82. The van der Waals surface area contributed by atoms with Gasteiger partial charge in [0.25, 0.3) is 0 Å². The number of aryl methyl sites for hydroxylation is 1. The first-order valence-corrected chi connectivity index (χ1v) is 15.8. The number of hydrogen-bond acceptors (Lipinski definition) is 4. The van der Waals surface area contributed by atoms with E-state index in [4.69, 9.17) is 4.74 Å². The Balaban J connectivity index is 1.70. The zero-order chi connectivity index (χ0) is 29.4. The molecule has 0 bridgehead atoms. The third-order valence-corrected chi connectivity index (χ3v) is 8.47. The van der Waals surface area contributed by atoms with Gasteiger partial charge in [0.15, 0.2) is 0 Å². The summed E-state index contributed by atoms with van der Waals surface area (Å²) in [6, 6.07) is 22.5. The molecule has 1 fully saturated rings. The largest absolute Gasteiger partial charge is 0.462 e. The van der Waals surface area contributed by atoms with Crippen LogP contribution in [0.25, 0.3) is 22.3 Å². The van der Waals surface area contributed by atoms with Crippen molar-refractivity contribution in [2.45, 2.75) is 91.5 Å². The highest BCUT2D eigenvalue weighted by Gasteiger charge is 2.22. The summed E-state index contributed by atoms with van der Waals surface area (Å²) >= 11 is 0. The third kappa shape index (κ3) is 7.80. The molecule has 0 aliphatic heterocycles. The molecule has 1 aliphatic carbocycles. The molecule has 0 unspecified atom stereocenters. The summed E-state index contributed by atoms with van der Waals surface area (Å²) in [5, 5.41) is 3.79. The van der Waals surface area contributed by atoms with Crippen LogP contribution in [-0.4, -0.2) is 38.3 Å². The molecule has 1 N–H and O–H groups in total. The smallest absolute Gasteiger partial charge is 0.338 e. The maximum absolute atomic E-state index is 12.2. The lowest BCUT2D eigenvalue weighted by Crippen LogP contribution is -2.27. The highest BCUT2D eigenvalue weighted by molar-refractivity contribution is 5.90. The highest BCUT2D eigenvalue weighted by atomic mass is 16.5. The van der Waals surface area contributed by atoms with Crippen molar-refractivity contribution in [3.05, 3.63) is 77.4 Å². The van der Waals surface area contributed by atoms with Crippen LogP contribution in [0, 0.1) is 0 Å². The zero-order valence-corrected chi connectivity index (χ0v) is 26.2. The second-order valence-corrected chi connectivity index (χ2v) is 12.4. The summed E-state index contributed by atoms with van der Waals surface area (Å²) in [5.41, 5.74) is 9.56. The Kier molecular flexibility index (Phi) is 10.7. The molecule has 220 valence electrons. The van der Waals surface area contributed by atoms with Crippen LogP contribution in [0.3, 0.4) is 0 Å². The maximum Gasteiger partial charge on any atom is 0.338 e. The van der Waals surface area contributed by atoms with Crippen molar-refractivity contribution in [1.82, 2.24) is 5.32 Å². The molecule has 3 aromatic carbocycles. The van der Waals surface area contributed by atoms with Crippen LogP contribution in [-0.2, 0) is 16.6 Å². The number of nitrogens with zero attached hydrogens (tertiary/aromatic N) is 1. The van der Waals surface area contributed by atoms with Crippen LogP contribution in [0.15, 0.2) is 60.7 Å². The van der Waals surface area contributed by atoms with Gasteiger partial charge in [0.2, 0.25) is 0 Å². The Morgan fingerprint density at radius 2 is 1.54 bits per heavy atom. The third-order valence-electron chi connectivity index (χ3n) is 8.47. The second kappa shape index (κ2) is 14.2. The summed E-state index contributed by atoms with van der Waals surface area (Å²) in [6.45, 7) is 16.7. The van der Waals surface area contributed by atoms with Crippen LogP contribution < -0.4 is 10.2 Å². The first-order chi connectivity index (χ1) is 19.7. The molecule has 0 amide bonds.